The Morgan fingerprint density at radius 1 is 1.25 bits per heavy atom. The largest absolute Gasteiger partial charge is 0.492 e. The van der Waals surface area contributed by atoms with Crippen LogP contribution < -0.4 is 15.4 Å². The molecule has 10 heteroatoms. The number of carboxylic acid groups (broad SMARTS) is 1. The van der Waals surface area contributed by atoms with E-state index in [-0.39, 0.29) is 0 Å². The fourth-order valence-corrected chi connectivity index (χ4v) is 3.09. The van der Waals surface area contributed by atoms with Crippen LogP contribution in [0, 0.1) is 6.92 Å². The number of aliphatic carboxylic acids is 1. The fraction of sp³-hybridized carbons (Fsp3) is 0.273. The number of benzene rings is 2. The number of alkyl halides is 3. The lowest BCUT2D eigenvalue weighted by Crippen LogP contribution is -2.21. The summed E-state index contributed by atoms with van der Waals surface area (Å²) < 4.78 is 37.5. The van der Waals surface area contributed by atoms with Crippen LogP contribution in [0.5, 0.6) is 5.75 Å². The molecule has 0 aliphatic carbocycles. The van der Waals surface area contributed by atoms with Crippen LogP contribution in [0.1, 0.15) is 16.7 Å². The molecule has 1 aliphatic rings. The van der Waals surface area contributed by atoms with Crippen molar-refractivity contribution in [3.8, 4) is 17.0 Å². The topological polar surface area (TPSA) is 99.3 Å². The monoisotopic (exact) mass is 448 g/mol. The zero-order valence-corrected chi connectivity index (χ0v) is 17.3. The van der Waals surface area contributed by atoms with Crippen molar-refractivity contribution in [2.75, 3.05) is 18.5 Å². The summed E-state index contributed by atoms with van der Waals surface area (Å²) in [6.07, 6.45) is -3.20. The molecule has 0 unspecified atom stereocenters. The quantitative estimate of drug-likeness (QED) is 0.480. The van der Waals surface area contributed by atoms with E-state index >= 15 is 0 Å². The van der Waals surface area contributed by atoms with Crippen molar-refractivity contribution in [3.05, 3.63) is 65.4 Å². The summed E-state index contributed by atoms with van der Waals surface area (Å²) in [6.45, 7) is 5.25. The molecule has 0 spiro atoms. The van der Waals surface area contributed by atoms with Crippen LogP contribution in [-0.2, 0) is 17.9 Å². The number of fused-ring (bicyclic) bond motifs is 1. The molecule has 170 valence electrons. The Morgan fingerprint density at radius 2 is 2.03 bits per heavy atom. The normalized spacial score (nSPS) is 13.1. The number of H-pyrrole nitrogens is 1. The molecule has 0 saturated heterocycles. The second kappa shape index (κ2) is 10.2. The first-order valence-corrected chi connectivity index (χ1v) is 9.84. The number of aryl methyl sites for hydroxylation is 1. The van der Waals surface area contributed by atoms with E-state index in [1.807, 2.05) is 6.20 Å². The summed E-state index contributed by atoms with van der Waals surface area (Å²) in [5.74, 6) is -1.80. The molecular formula is C22H23F3N4O3. The van der Waals surface area contributed by atoms with Crippen molar-refractivity contribution in [3.63, 3.8) is 0 Å². The number of carboxylic acids is 1. The van der Waals surface area contributed by atoms with Gasteiger partial charge in [0.25, 0.3) is 0 Å². The highest BCUT2D eigenvalue weighted by Gasteiger charge is 2.38. The molecular weight excluding hydrogens is 425 g/mol. The van der Waals surface area contributed by atoms with Crippen LogP contribution in [0.25, 0.3) is 11.3 Å². The van der Waals surface area contributed by atoms with Crippen molar-refractivity contribution < 1.29 is 27.8 Å². The Balaban J connectivity index is 0.000000360. The lowest BCUT2D eigenvalue weighted by molar-refractivity contribution is -0.192. The van der Waals surface area contributed by atoms with Crippen molar-refractivity contribution in [1.29, 1.82) is 0 Å². The van der Waals surface area contributed by atoms with E-state index in [0.29, 0.717) is 13.2 Å². The second-order valence-corrected chi connectivity index (χ2v) is 7.14. The third-order valence-electron chi connectivity index (χ3n) is 4.67. The molecule has 0 radical (unpaired) electrons. The van der Waals surface area contributed by atoms with Gasteiger partial charge in [0.2, 0.25) is 0 Å². The number of hydrogen-bond donors (Lipinski definition) is 4. The lowest BCUT2D eigenvalue weighted by atomic mass is 10.1. The number of aromatic nitrogens is 2. The Hall–Kier alpha value is -3.53. The molecule has 0 bridgehead atoms. The standard InChI is InChI=1S/C20H22N4O.C2HF3O2/c1-14-3-2-4-15(9-14)20-17(13-23-24-20)12-22-18-6-5-16-11-21-7-8-25-19(16)10-18;3-2(4,5)1(6)7/h2-6,9-10,13,21-22H,7-8,11-12H2,1H3,(H,23,24);(H,6,7). The minimum absolute atomic E-state index is 0.704. The van der Waals surface area contributed by atoms with E-state index in [1.165, 1.54) is 11.1 Å². The first-order valence-electron chi connectivity index (χ1n) is 9.84. The number of rotatable bonds is 4. The van der Waals surface area contributed by atoms with Gasteiger partial charge in [-0.25, -0.2) is 4.79 Å². The number of nitrogens with one attached hydrogen (secondary N) is 3. The highest BCUT2D eigenvalue weighted by Crippen LogP contribution is 2.26. The zero-order chi connectivity index (χ0) is 23.1. The second-order valence-electron chi connectivity index (χ2n) is 7.14. The van der Waals surface area contributed by atoms with E-state index in [0.717, 1.165) is 41.3 Å². The first kappa shape index (κ1) is 23.1. The van der Waals surface area contributed by atoms with Gasteiger partial charge in [0, 0.05) is 48.1 Å². The highest BCUT2D eigenvalue weighted by molar-refractivity contribution is 5.73. The molecule has 0 atom stereocenters. The summed E-state index contributed by atoms with van der Waals surface area (Å²) >= 11 is 0. The summed E-state index contributed by atoms with van der Waals surface area (Å²) in [5, 5.41) is 21.3. The van der Waals surface area contributed by atoms with Crippen molar-refractivity contribution in [1.82, 2.24) is 15.5 Å². The number of nitrogens with zero attached hydrogens (tertiary/aromatic N) is 1. The van der Waals surface area contributed by atoms with Crippen LogP contribution in [0.2, 0.25) is 0 Å². The molecule has 2 aromatic carbocycles. The van der Waals surface area contributed by atoms with Gasteiger partial charge in [0.05, 0.1) is 11.9 Å². The van der Waals surface area contributed by atoms with Crippen LogP contribution in [0.15, 0.2) is 48.7 Å². The minimum Gasteiger partial charge on any atom is -0.492 e. The molecule has 0 fully saturated rings. The molecule has 2 heterocycles. The van der Waals surface area contributed by atoms with Gasteiger partial charge in [-0.05, 0) is 19.1 Å². The molecule has 1 aliphatic heterocycles. The molecule has 4 N–H and O–H groups in total. The Bertz CT molecular complexity index is 1070. The maximum Gasteiger partial charge on any atom is 0.490 e. The third-order valence-corrected chi connectivity index (χ3v) is 4.67. The van der Waals surface area contributed by atoms with Gasteiger partial charge in [-0.3, -0.25) is 5.10 Å². The maximum atomic E-state index is 10.6. The molecule has 7 nitrogen and oxygen atoms in total. The van der Waals surface area contributed by atoms with Crippen molar-refractivity contribution in [2.24, 2.45) is 0 Å². The third kappa shape index (κ3) is 6.24. The van der Waals surface area contributed by atoms with E-state index in [4.69, 9.17) is 14.6 Å². The summed E-state index contributed by atoms with van der Waals surface area (Å²) in [5.41, 5.74) is 6.85. The fourth-order valence-electron chi connectivity index (χ4n) is 3.09. The Labute approximate surface area is 182 Å². The van der Waals surface area contributed by atoms with E-state index in [1.54, 1.807) is 0 Å². The number of aromatic amines is 1. The first-order chi connectivity index (χ1) is 15.2. The summed E-state index contributed by atoms with van der Waals surface area (Å²) in [7, 11) is 0. The number of hydrogen-bond acceptors (Lipinski definition) is 5. The van der Waals surface area contributed by atoms with Gasteiger partial charge in [0.15, 0.2) is 0 Å². The van der Waals surface area contributed by atoms with Gasteiger partial charge in [-0.1, -0.05) is 29.8 Å². The van der Waals surface area contributed by atoms with Gasteiger partial charge < -0.3 is 20.5 Å². The van der Waals surface area contributed by atoms with Gasteiger partial charge in [-0.2, -0.15) is 18.3 Å². The number of carbonyl (C=O) groups is 1. The SMILES string of the molecule is Cc1cccc(-c2[nH]ncc2CNc2ccc3c(c2)OCCNC3)c1.O=C(O)C(F)(F)F. The van der Waals surface area contributed by atoms with Crippen LogP contribution >= 0.6 is 0 Å². The van der Waals surface area contributed by atoms with Gasteiger partial charge >= 0.3 is 12.1 Å². The van der Waals surface area contributed by atoms with E-state index in [9.17, 15) is 13.2 Å². The van der Waals surface area contributed by atoms with E-state index in [2.05, 4.69) is 70.2 Å². The summed E-state index contributed by atoms with van der Waals surface area (Å²) in [6, 6.07) is 14.7. The maximum absolute atomic E-state index is 10.6. The smallest absolute Gasteiger partial charge is 0.490 e. The number of halogens is 3. The zero-order valence-electron chi connectivity index (χ0n) is 17.3. The minimum atomic E-state index is -5.08. The highest BCUT2D eigenvalue weighted by atomic mass is 19.4. The molecule has 1 aromatic heterocycles. The number of ether oxygens (including phenoxy) is 1. The molecule has 4 rings (SSSR count). The lowest BCUT2D eigenvalue weighted by Gasteiger charge is -2.11. The van der Waals surface area contributed by atoms with Crippen molar-refractivity contribution in [2.45, 2.75) is 26.2 Å². The van der Waals surface area contributed by atoms with Crippen LogP contribution in [-0.4, -0.2) is 40.6 Å². The Kier molecular flexibility index (Phi) is 7.37. The average Bonchev–Trinajstić information content (AvgIpc) is 3.09. The number of anilines is 1. The average molecular weight is 448 g/mol. The predicted octanol–water partition coefficient (Wildman–Crippen LogP) is 4.11. The predicted molar refractivity (Wildman–Crippen MR) is 113 cm³/mol. The molecule has 32 heavy (non-hydrogen) atoms. The van der Waals surface area contributed by atoms with E-state index < -0.39 is 12.1 Å². The van der Waals surface area contributed by atoms with Crippen LogP contribution in [0.3, 0.4) is 0 Å². The van der Waals surface area contributed by atoms with Crippen LogP contribution in [0.4, 0.5) is 18.9 Å². The van der Waals surface area contributed by atoms with Gasteiger partial charge in [0.1, 0.15) is 12.4 Å². The summed E-state index contributed by atoms with van der Waals surface area (Å²) in [4.78, 5) is 8.90. The molecule has 3 aromatic rings. The molecule has 0 saturated carbocycles. The van der Waals surface area contributed by atoms with Gasteiger partial charge in [-0.15, -0.1) is 0 Å². The Morgan fingerprint density at radius 3 is 2.75 bits per heavy atom. The van der Waals surface area contributed by atoms with Crippen molar-refractivity contribution >= 4 is 11.7 Å². The molecule has 0 amide bonds.